The number of benzene rings is 6. The quantitative estimate of drug-likeness (QED) is 0.0967. The number of hydrogen-bond donors (Lipinski definition) is 0. The minimum absolute atomic E-state index is 0.281. The van der Waals surface area contributed by atoms with Crippen LogP contribution in [0, 0.1) is 0 Å². The Morgan fingerprint density at radius 1 is 0.295 bits per heavy atom. The predicted octanol–water partition coefficient (Wildman–Crippen LogP) is 6.15. The summed E-state index contributed by atoms with van der Waals surface area (Å²) in [7, 11) is -0.558. The molecule has 0 aliphatic carbocycles. The summed E-state index contributed by atoms with van der Waals surface area (Å²) in [5.74, 6) is 0. The zero-order valence-electron chi connectivity index (χ0n) is 23.9. The SMILES string of the molecule is c1ccc([Se]P([Se]c2ccccc2)C(P([Se]c2ccccc2)[Se]c2ccccc2)P(c2ccccc2)c2ccccc2)cc1. The molecule has 0 saturated carbocycles. The van der Waals surface area contributed by atoms with E-state index in [2.05, 4.69) is 182 Å². The van der Waals surface area contributed by atoms with Gasteiger partial charge in [-0.3, -0.25) is 0 Å². The molecule has 0 heterocycles. The third kappa shape index (κ3) is 9.37. The van der Waals surface area contributed by atoms with E-state index < -0.39 is 7.92 Å². The zero-order chi connectivity index (χ0) is 29.8. The molecule has 0 N–H and O–H groups in total. The first-order valence-electron chi connectivity index (χ1n) is 14.2. The molecule has 44 heavy (non-hydrogen) atoms. The summed E-state index contributed by atoms with van der Waals surface area (Å²) in [6.07, 6.45) is 0. The van der Waals surface area contributed by atoms with Gasteiger partial charge in [-0.25, -0.2) is 0 Å². The van der Waals surface area contributed by atoms with E-state index in [9.17, 15) is 0 Å². The molecule has 7 heteroatoms. The summed E-state index contributed by atoms with van der Waals surface area (Å²) in [6, 6.07) is 69.0. The molecule has 218 valence electrons. The van der Waals surface area contributed by atoms with Crippen LogP contribution in [0.2, 0.25) is 0 Å². The van der Waals surface area contributed by atoms with Crippen LogP contribution < -0.4 is 28.5 Å². The molecule has 6 rings (SSSR count). The van der Waals surface area contributed by atoms with Crippen LogP contribution in [0.15, 0.2) is 182 Å². The topological polar surface area (TPSA) is 0 Å². The first kappa shape index (κ1) is 32.6. The van der Waals surface area contributed by atoms with Gasteiger partial charge >= 0.3 is 292 Å². The molecule has 0 radical (unpaired) electrons. The van der Waals surface area contributed by atoms with Crippen molar-refractivity contribution >= 4 is 105 Å². The predicted molar refractivity (Wildman–Crippen MR) is 204 cm³/mol. The van der Waals surface area contributed by atoms with E-state index in [0.717, 1.165) is 0 Å². The zero-order valence-corrected chi connectivity index (χ0v) is 33.4. The van der Waals surface area contributed by atoms with E-state index in [1.807, 2.05) is 0 Å². The van der Waals surface area contributed by atoms with E-state index >= 15 is 0 Å². The van der Waals surface area contributed by atoms with Gasteiger partial charge in [-0.1, -0.05) is 0 Å². The summed E-state index contributed by atoms with van der Waals surface area (Å²) in [5.41, 5.74) is 0. The molecule has 0 nitrogen and oxygen atoms in total. The fourth-order valence-electron chi connectivity index (χ4n) is 4.43. The van der Waals surface area contributed by atoms with Crippen molar-refractivity contribution in [2.75, 3.05) is 0 Å². The van der Waals surface area contributed by atoms with Gasteiger partial charge in [0.2, 0.25) is 0 Å². The Morgan fingerprint density at radius 2 is 0.523 bits per heavy atom. The standard InChI is InChI=1S/C37H31P3Se4/c1-7-19-31(20-8-1)38(32-21-9-2-10-22-32)37(39(41-33-23-11-3-12-24-33)42-34-25-13-4-14-26-34)40(43-35-27-15-5-16-28-35)44-36-29-17-6-18-30-36/h1-30,37H. The monoisotopic (exact) mass is 888 g/mol. The molecule has 0 amide bonds. The Morgan fingerprint density at radius 3 is 0.773 bits per heavy atom. The Kier molecular flexibility index (Phi) is 13.0. The van der Waals surface area contributed by atoms with Crippen LogP contribution in [0.4, 0.5) is 0 Å². The van der Waals surface area contributed by atoms with E-state index in [1.54, 1.807) is 28.5 Å². The molecule has 0 bridgehead atoms. The maximum atomic E-state index is 2.43. The molecular weight excluding hydrogens is 853 g/mol. The Labute approximate surface area is 289 Å². The van der Waals surface area contributed by atoms with Crippen LogP contribution in [0.1, 0.15) is 0 Å². The average Bonchev–Trinajstić information content (AvgIpc) is 3.09. The van der Waals surface area contributed by atoms with Gasteiger partial charge in [-0.15, -0.1) is 0 Å². The molecule has 0 aliphatic rings. The third-order valence-corrected chi connectivity index (χ3v) is 50.7. The first-order chi connectivity index (χ1) is 21.8. The van der Waals surface area contributed by atoms with Gasteiger partial charge < -0.3 is 0 Å². The summed E-state index contributed by atoms with van der Waals surface area (Å²) in [4.78, 5) is 0. The van der Waals surface area contributed by atoms with Gasteiger partial charge in [0.05, 0.1) is 0 Å². The van der Waals surface area contributed by atoms with Gasteiger partial charge in [0.15, 0.2) is 0 Å². The normalized spacial score (nSPS) is 11.5. The molecule has 0 fully saturated rings. The van der Waals surface area contributed by atoms with Crippen LogP contribution in [-0.4, -0.2) is 63.2 Å². The van der Waals surface area contributed by atoms with Gasteiger partial charge in [0.25, 0.3) is 0 Å². The fraction of sp³-hybridized carbons (Fsp3) is 0.0270. The third-order valence-electron chi connectivity index (χ3n) is 6.43. The van der Waals surface area contributed by atoms with Crippen molar-refractivity contribution in [3.63, 3.8) is 0 Å². The molecule has 0 spiro atoms. The molecule has 0 atom stereocenters. The average molecular weight is 884 g/mol. The van der Waals surface area contributed by atoms with Crippen LogP contribution in [-0.2, 0) is 0 Å². The minimum atomic E-state index is -0.558. The molecule has 0 aliphatic heterocycles. The van der Waals surface area contributed by atoms with Crippen LogP contribution in [0.25, 0.3) is 0 Å². The van der Waals surface area contributed by atoms with Crippen molar-refractivity contribution in [2.24, 2.45) is 0 Å². The second-order valence-electron chi connectivity index (χ2n) is 9.58. The Bertz CT molecular complexity index is 1450. The van der Waals surface area contributed by atoms with E-state index in [-0.39, 0.29) is 10.6 Å². The van der Waals surface area contributed by atoms with Gasteiger partial charge in [-0.2, -0.15) is 0 Å². The van der Waals surface area contributed by atoms with Crippen LogP contribution in [0.5, 0.6) is 0 Å². The molecule has 6 aromatic rings. The van der Waals surface area contributed by atoms with Crippen molar-refractivity contribution in [2.45, 2.75) is 5.14 Å². The van der Waals surface area contributed by atoms with Gasteiger partial charge in [0.1, 0.15) is 0 Å². The van der Waals surface area contributed by atoms with Crippen molar-refractivity contribution < 1.29 is 0 Å². The summed E-state index contributed by atoms with van der Waals surface area (Å²) >= 11 is 1.67. The van der Waals surface area contributed by atoms with Crippen molar-refractivity contribution in [1.82, 2.24) is 0 Å². The van der Waals surface area contributed by atoms with E-state index in [4.69, 9.17) is 0 Å². The number of hydrogen-bond acceptors (Lipinski definition) is 0. The number of rotatable bonds is 13. The molecule has 0 saturated heterocycles. The van der Waals surface area contributed by atoms with Crippen molar-refractivity contribution in [1.29, 1.82) is 0 Å². The maximum absolute atomic E-state index is 2.43. The summed E-state index contributed by atoms with van der Waals surface area (Å²) in [6.45, 7) is 0. The summed E-state index contributed by atoms with van der Waals surface area (Å²) < 4.78 is 6.22. The first-order valence-corrected chi connectivity index (χ1v) is 30.8. The van der Waals surface area contributed by atoms with Gasteiger partial charge in [0, 0.05) is 0 Å². The van der Waals surface area contributed by atoms with Crippen molar-refractivity contribution in [3.8, 4) is 0 Å². The van der Waals surface area contributed by atoms with E-state index in [0.29, 0.717) is 63.2 Å². The molecule has 0 unspecified atom stereocenters. The van der Waals surface area contributed by atoms with Crippen molar-refractivity contribution in [3.05, 3.63) is 182 Å². The molecule has 6 aromatic carbocycles. The molecule has 0 aromatic heterocycles. The Hall–Kier alpha value is -1.31. The van der Waals surface area contributed by atoms with E-state index in [1.165, 1.54) is 0 Å². The second-order valence-corrected chi connectivity index (χ2v) is 41.5. The fourth-order valence-corrected chi connectivity index (χ4v) is 68.9. The summed E-state index contributed by atoms with van der Waals surface area (Å²) in [5, 5.41) is 3.20. The molecular formula is C37H31P3Se4. The Balaban J connectivity index is 1.55. The van der Waals surface area contributed by atoms with Gasteiger partial charge in [-0.05, 0) is 0 Å². The van der Waals surface area contributed by atoms with Crippen LogP contribution in [0.3, 0.4) is 0 Å². The second kappa shape index (κ2) is 17.6. The van der Waals surface area contributed by atoms with Crippen LogP contribution >= 0.6 is 18.5 Å².